The third-order valence-corrected chi connectivity index (χ3v) is 2.38. The van der Waals surface area contributed by atoms with Crippen LogP contribution in [-0.4, -0.2) is 32.4 Å². The zero-order chi connectivity index (χ0) is 13.8. The molecule has 1 aromatic carbocycles. The van der Waals surface area contributed by atoms with E-state index in [9.17, 15) is 9.59 Å². The zero-order valence-electron chi connectivity index (χ0n) is 9.70. The number of carboxylic acids is 1. The summed E-state index contributed by atoms with van der Waals surface area (Å²) in [5.41, 5.74) is 6.98. The summed E-state index contributed by atoms with van der Waals surface area (Å²) in [6.45, 7) is 0. The van der Waals surface area contributed by atoms with E-state index in [2.05, 4.69) is 15.4 Å². The predicted octanol–water partition coefficient (Wildman–Crippen LogP) is 0.668. The standard InChI is InChI=1S/C12H10N4O3/c13-12(19)11-10(14-16-15-11)8-4-1-7(2-5-8)3-6-9(17)18/h1-6H,(H2,13,19)(H,17,18)(H,14,15,16). The number of H-pyrrole nitrogens is 1. The molecule has 0 atom stereocenters. The Morgan fingerprint density at radius 2 is 1.89 bits per heavy atom. The van der Waals surface area contributed by atoms with Gasteiger partial charge in [-0.05, 0) is 11.6 Å². The summed E-state index contributed by atoms with van der Waals surface area (Å²) < 4.78 is 0. The second-order valence-corrected chi connectivity index (χ2v) is 3.68. The van der Waals surface area contributed by atoms with Gasteiger partial charge in [-0.1, -0.05) is 24.3 Å². The molecular weight excluding hydrogens is 248 g/mol. The Kier molecular flexibility index (Phi) is 3.37. The van der Waals surface area contributed by atoms with Crippen LogP contribution >= 0.6 is 0 Å². The molecule has 0 spiro atoms. The Morgan fingerprint density at radius 1 is 1.21 bits per heavy atom. The molecule has 19 heavy (non-hydrogen) atoms. The highest BCUT2D eigenvalue weighted by molar-refractivity contribution is 5.96. The third-order valence-electron chi connectivity index (χ3n) is 2.38. The second-order valence-electron chi connectivity index (χ2n) is 3.68. The van der Waals surface area contributed by atoms with Crippen LogP contribution in [0, 0.1) is 0 Å². The van der Waals surface area contributed by atoms with Crippen LogP contribution in [0.25, 0.3) is 17.3 Å². The van der Waals surface area contributed by atoms with E-state index in [1.54, 1.807) is 24.3 Å². The van der Waals surface area contributed by atoms with Crippen molar-refractivity contribution in [3.63, 3.8) is 0 Å². The molecule has 7 nitrogen and oxygen atoms in total. The minimum atomic E-state index is -1.02. The Labute approximate surface area is 107 Å². The number of aliphatic carboxylic acids is 1. The van der Waals surface area contributed by atoms with Crippen molar-refractivity contribution >= 4 is 18.0 Å². The van der Waals surface area contributed by atoms with Crippen LogP contribution < -0.4 is 5.73 Å². The van der Waals surface area contributed by atoms with Gasteiger partial charge in [0, 0.05) is 11.6 Å². The van der Waals surface area contributed by atoms with E-state index >= 15 is 0 Å². The van der Waals surface area contributed by atoms with Crippen LogP contribution in [0.3, 0.4) is 0 Å². The molecule has 2 rings (SSSR count). The number of amides is 1. The van der Waals surface area contributed by atoms with E-state index in [0.717, 1.165) is 11.6 Å². The van der Waals surface area contributed by atoms with Crippen molar-refractivity contribution in [2.45, 2.75) is 0 Å². The molecule has 0 saturated heterocycles. The van der Waals surface area contributed by atoms with E-state index in [0.29, 0.717) is 11.3 Å². The first kappa shape index (κ1) is 12.5. The summed E-state index contributed by atoms with van der Waals surface area (Å²) in [5, 5.41) is 18.4. The first-order valence-electron chi connectivity index (χ1n) is 5.30. The Balaban J connectivity index is 2.30. The molecule has 0 saturated carbocycles. The molecule has 4 N–H and O–H groups in total. The number of carboxylic acid groups (broad SMARTS) is 1. The number of nitrogens with zero attached hydrogens (tertiary/aromatic N) is 2. The van der Waals surface area contributed by atoms with Crippen molar-refractivity contribution in [3.8, 4) is 11.3 Å². The van der Waals surface area contributed by atoms with Crippen molar-refractivity contribution in [1.82, 2.24) is 15.4 Å². The smallest absolute Gasteiger partial charge is 0.328 e. The van der Waals surface area contributed by atoms with Crippen LogP contribution in [0.1, 0.15) is 16.1 Å². The summed E-state index contributed by atoms with van der Waals surface area (Å²) in [7, 11) is 0. The Morgan fingerprint density at radius 3 is 2.47 bits per heavy atom. The van der Waals surface area contributed by atoms with Crippen molar-refractivity contribution < 1.29 is 14.7 Å². The van der Waals surface area contributed by atoms with E-state index in [4.69, 9.17) is 10.8 Å². The number of nitrogens with one attached hydrogen (secondary N) is 1. The fraction of sp³-hybridized carbons (Fsp3) is 0. The quantitative estimate of drug-likeness (QED) is 0.695. The SMILES string of the molecule is NC(=O)c1n[nH]nc1-c1ccc(C=CC(=O)O)cc1. The highest BCUT2D eigenvalue weighted by atomic mass is 16.4. The van der Waals surface area contributed by atoms with Crippen LogP contribution in [0.5, 0.6) is 0 Å². The minimum Gasteiger partial charge on any atom is -0.478 e. The maximum absolute atomic E-state index is 11.1. The number of hydrogen-bond acceptors (Lipinski definition) is 4. The summed E-state index contributed by atoms with van der Waals surface area (Å²) in [6.07, 6.45) is 2.50. The molecule has 7 heteroatoms. The number of rotatable bonds is 4. The fourth-order valence-corrected chi connectivity index (χ4v) is 1.52. The number of benzene rings is 1. The molecule has 2 aromatic rings. The molecule has 0 fully saturated rings. The molecule has 0 aliphatic heterocycles. The highest BCUT2D eigenvalue weighted by Gasteiger charge is 2.14. The number of carbonyl (C=O) groups is 2. The fourth-order valence-electron chi connectivity index (χ4n) is 1.52. The monoisotopic (exact) mass is 258 g/mol. The van der Waals surface area contributed by atoms with Gasteiger partial charge in [0.05, 0.1) is 0 Å². The molecular formula is C12H10N4O3. The predicted molar refractivity (Wildman–Crippen MR) is 67.0 cm³/mol. The first-order chi connectivity index (χ1) is 9.08. The van der Waals surface area contributed by atoms with Crippen LogP contribution in [0.15, 0.2) is 30.3 Å². The van der Waals surface area contributed by atoms with Gasteiger partial charge in [0.25, 0.3) is 5.91 Å². The third kappa shape index (κ3) is 2.83. The van der Waals surface area contributed by atoms with E-state index < -0.39 is 11.9 Å². The minimum absolute atomic E-state index is 0.0637. The van der Waals surface area contributed by atoms with Crippen molar-refractivity contribution in [1.29, 1.82) is 0 Å². The van der Waals surface area contributed by atoms with Gasteiger partial charge in [0.2, 0.25) is 0 Å². The molecule has 0 bridgehead atoms. The zero-order valence-corrected chi connectivity index (χ0v) is 9.70. The summed E-state index contributed by atoms with van der Waals surface area (Å²) in [5.74, 6) is -1.69. The number of hydrogen-bond donors (Lipinski definition) is 3. The van der Waals surface area contributed by atoms with E-state index in [1.807, 2.05) is 0 Å². The lowest BCUT2D eigenvalue weighted by molar-refractivity contribution is -0.131. The van der Waals surface area contributed by atoms with Gasteiger partial charge in [-0.3, -0.25) is 4.79 Å². The van der Waals surface area contributed by atoms with Gasteiger partial charge in [0.1, 0.15) is 5.69 Å². The average molecular weight is 258 g/mol. The van der Waals surface area contributed by atoms with Crippen molar-refractivity contribution in [2.75, 3.05) is 0 Å². The molecule has 0 aliphatic rings. The highest BCUT2D eigenvalue weighted by Crippen LogP contribution is 2.20. The van der Waals surface area contributed by atoms with Gasteiger partial charge in [-0.25, -0.2) is 4.79 Å². The van der Waals surface area contributed by atoms with Crippen molar-refractivity contribution in [3.05, 3.63) is 41.6 Å². The van der Waals surface area contributed by atoms with E-state index in [-0.39, 0.29) is 5.69 Å². The van der Waals surface area contributed by atoms with Gasteiger partial charge in [0.15, 0.2) is 5.69 Å². The van der Waals surface area contributed by atoms with Gasteiger partial charge in [-0.2, -0.15) is 15.4 Å². The molecule has 1 aromatic heterocycles. The maximum atomic E-state index is 11.1. The van der Waals surface area contributed by atoms with Crippen LogP contribution in [0.4, 0.5) is 0 Å². The number of carbonyl (C=O) groups excluding carboxylic acids is 1. The van der Waals surface area contributed by atoms with Gasteiger partial charge < -0.3 is 10.8 Å². The van der Waals surface area contributed by atoms with Crippen LogP contribution in [-0.2, 0) is 4.79 Å². The molecule has 1 heterocycles. The number of primary amides is 1. The number of aromatic nitrogens is 3. The van der Waals surface area contributed by atoms with Gasteiger partial charge >= 0.3 is 5.97 Å². The number of nitrogens with two attached hydrogens (primary N) is 1. The average Bonchev–Trinajstić information content (AvgIpc) is 2.86. The molecule has 1 amide bonds. The first-order valence-corrected chi connectivity index (χ1v) is 5.30. The molecule has 96 valence electrons. The Bertz CT molecular complexity index is 643. The number of aromatic amines is 1. The van der Waals surface area contributed by atoms with Crippen LogP contribution in [0.2, 0.25) is 0 Å². The van der Waals surface area contributed by atoms with Crippen molar-refractivity contribution in [2.24, 2.45) is 5.73 Å². The summed E-state index contributed by atoms with van der Waals surface area (Å²) >= 11 is 0. The Hall–Kier alpha value is -2.96. The normalized spacial score (nSPS) is 10.7. The molecule has 0 aliphatic carbocycles. The second kappa shape index (κ2) is 5.13. The molecule has 0 unspecified atom stereocenters. The lowest BCUT2D eigenvalue weighted by atomic mass is 10.1. The summed E-state index contributed by atoms with van der Waals surface area (Å²) in [6, 6.07) is 6.81. The maximum Gasteiger partial charge on any atom is 0.328 e. The topological polar surface area (TPSA) is 122 Å². The lowest BCUT2D eigenvalue weighted by Crippen LogP contribution is -2.12. The lowest BCUT2D eigenvalue weighted by Gasteiger charge is -1.99. The largest absolute Gasteiger partial charge is 0.478 e. The molecule has 0 radical (unpaired) electrons. The van der Waals surface area contributed by atoms with E-state index in [1.165, 1.54) is 6.08 Å². The summed E-state index contributed by atoms with van der Waals surface area (Å²) in [4.78, 5) is 21.5. The van der Waals surface area contributed by atoms with Gasteiger partial charge in [-0.15, -0.1) is 0 Å².